The molecule has 0 fully saturated rings. The maximum atomic E-state index is 11.8. The summed E-state index contributed by atoms with van der Waals surface area (Å²) in [6.45, 7) is 5.30. The number of carbonyl (C=O) groups is 2. The maximum Gasteiger partial charge on any atom is 0.310 e. The lowest BCUT2D eigenvalue weighted by atomic mass is 9.76. The van der Waals surface area contributed by atoms with Gasteiger partial charge in [0.05, 0.1) is 5.41 Å². The summed E-state index contributed by atoms with van der Waals surface area (Å²) in [4.78, 5) is 23.1. The van der Waals surface area contributed by atoms with Crippen LogP contribution in [0, 0.1) is 11.3 Å². The lowest BCUT2D eigenvalue weighted by molar-refractivity contribution is -0.153. The lowest BCUT2D eigenvalue weighted by Crippen LogP contribution is -2.41. The lowest BCUT2D eigenvalue weighted by Gasteiger charge is -2.28. The molecule has 0 saturated heterocycles. The van der Waals surface area contributed by atoms with Gasteiger partial charge >= 0.3 is 5.97 Å². The van der Waals surface area contributed by atoms with E-state index in [1.54, 1.807) is 6.92 Å². The largest absolute Gasteiger partial charge is 0.481 e. The van der Waals surface area contributed by atoms with Gasteiger partial charge in [0.1, 0.15) is 0 Å². The fraction of sp³-hybridized carbons (Fsp3) is 0.692. The average molecular weight is 239 g/mol. The van der Waals surface area contributed by atoms with E-state index in [0.29, 0.717) is 0 Å². The SMILES string of the molecule is CC(C)C(C)(CC(=O)NC1CC=CC1)C(=O)O. The number of hydrogen-bond acceptors (Lipinski definition) is 2. The summed E-state index contributed by atoms with van der Waals surface area (Å²) in [5.41, 5.74) is -0.990. The summed E-state index contributed by atoms with van der Waals surface area (Å²) in [5.74, 6) is -1.16. The highest BCUT2D eigenvalue weighted by Gasteiger charge is 2.39. The van der Waals surface area contributed by atoms with Crippen LogP contribution in [0.4, 0.5) is 0 Å². The number of carbonyl (C=O) groups excluding carboxylic acids is 1. The third-order valence-corrected chi connectivity index (χ3v) is 3.66. The summed E-state index contributed by atoms with van der Waals surface area (Å²) >= 11 is 0. The Morgan fingerprint density at radius 3 is 2.35 bits per heavy atom. The highest BCUT2D eigenvalue weighted by Crippen LogP contribution is 2.31. The van der Waals surface area contributed by atoms with Crippen LogP contribution in [-0.2, 0) is 9.59 Å². The van der Waals surface area contributed by atoms with Crippen molar-refractivity contribution in [3.8, 4) is 0 Å². The number of carboxylic acids is 1. The van der Waals surface area contributed by atoms with Crippen molar-refractivity contribution in [3.63, 3.8) is 0 Å². The molecule has 0 aliphatic heterocycles. The van der Waals surface area contributed by atoms with Crippen LogP contribution < -0.4 is 5.32 Å². The molecule has 0 aromatic carbocycles. The first-order valence-electron chi connectivity index (χ1n) is 6.04. The van der Waals surface area contributed by atoms with Crippen LogP contribution in [-0.4, -0.2) is 23.0 Å². The van der Waals surface area contributed by atoms with Crippen molar-refractivity contribution in [2.45, 2.75) is 46.1 Å². The number of carboxylic acid groups (broad SMARTS) is 1. The van der Waals surface area contributed by atoms with Crippen LogP contribution in [0.3, 0.4) is 0 Å². The van der Waals surface area contributed by atoms with E-state index in [0.717, 1.165) is 12.8 Å². The van der Waals surface area contributed by atoms with Crippen molar-refractivity contribution in [2.24, 2.45) is 11.3 Å². The Balaban J connectivity index is 2.55. The summed E-state index contributed by atoms with van der Waals surface area (Å²) < 4.78 is 0. The van der Waals surface area contributed by atoms with Gasteiger partial charge in [-0.3, -0.25) is 9.59 Å². The van der Waals surface area contributed by atoms with E-state index in [1.165, 1.54) is 0 Å². The molecule has 0 radical (unpaired) electrons. The number of amides is 1. The summed E-state index contributed by atoms with van der Waals surface area (Å²) in [7, 11) is 0. The van der Waals surface area contributed by atoms with Gasteiger partial charge in [0.25, 0.3) is 0 Å². The second-order valence-corrected chi connectivity index (χ2v) is 5.26. The van der Waals surface area contributed by atoms with E-state index in [9.17, 15) is 14.7 Å². The quantitative estimate of drug-likeness (QED) is 0.721. The molecule has 1 aliphatic rings. The molecule has 0 aromatic heterocycles. The van der Waals surface area contributed by atoms with E-state index in [2.05, 4.69) is 5.32 Å². The summed E-state index contributed by atoms with van der Waals surface area (Å²) in [5, 5.41) is 12.1. The van der Waals surface area contributed by atoms with Gasteiger partial charge in [0, 0.05) is 12.5 Å². The van der Waals surface area contributed by atoms with Gasteiger partial charge in [0.2, 0.25) is 5.91 Å². The van der Waals surface area contributed by atoms with E-state index in [1.807, 2.05) is 26.0 Å². The molecule has 0 aromatic rings. The molecule has 4 heteroatoms. The first-order valence-corrected chi connectivity index (χ1v) is 6.04. The van der Waals surface area contributed by atoms with E-state index in [-0.39, 0.29) is 24.3 Å². The van der Waals surface area contributed by atoms with Gasteiger partial charge in [-0.2, -0.15) is 0 Å². The second kappa shape index (κ2) is 5.34. The standard InChI is InChI=1S/C13H21NO3/c1-9(2)13(3,12(16)17)8-11(15)14-10-6-4-5-7-10/h4-5,9-10H,6-8H2,1-3H3,(H,14,15)(H,16,17). The molecule has 2 N–H and O–H groups in total. The first kappa shape index (κ1) is 13.7. The van der Waals surface area contributed by atoms with Crippen molar-refractivity contribution in [3.05, 3.63) is 12.2 Å². The first-order chi connectivity index (χ1) is 7.86. The van der Waals surface area contributed by atoms with Crippen LogP contribution in [0.5, 0.6) is 0 Å². The van der Waals surface area contributed by atoms with Crippen LogP contribution in [0.1, 0.15) is 40.0 Å². The fourth-order valence-electron chi connectivity index (χ4n) is 1.87. The molecular formula is C13H21NO3. The van der Waals surface area contributed by atoms with Crippen LogP contribution >= 0.6 is 0 Å². The maximum absolute atomic E-state index is 11.8. The third-order valence-electron chi connectivity index (χ3n) is 3.66. The Labute approximate surface area is 102 Å². The number of rotatable bonds is 5. The van der Waals surface area contributed by atoms with Crippen LogP contribution in [0.15, 0.2) is 12.2 Å². The zero-order valence-corrected chi connectivity index (χ0v) is 10.7. The van der Waals surface area contributed by atoms with Gasteiger partial charge in [0.15, 0.2) is 0 Å². The minimum atomic E-state index is -0.990. The summed E-state index contributed by atoms with van der Waals surface area (Å²) in [6.07, 6.45) is 5.79. The number of nitrogens with one attached hydrogen (secondary N) is 1. The Morgan fingerprint density at radius 1 is 1.41 bits per heavy atom. The second-order valence-electron chi connectivity index (χ2n) is 5.26. The highest BCUT2D eigenvalue weighted by molar-refractivity contribution is 5.85. The minimum Gasteiger partial charge on any atom is -0.481 e. The predicted octanol–water partition coefficient (Wildman–Crippen LogP) is 1.96. The Hall–Kier alpha value is -1.32. The minimum absolute atomic E-state index is 0.0382. The van der Waals surface area contributed by atoms with Gasteiger partial charge in [-0.15, -0.1) is 0 Å². The molecule has 1 aliphatic carbocycles. The van der Waals surface area contributed by atoms with Crippen molar-refractivity contribution in [2.75, 3.05) is 0 Å². The molecule has 0 heterocycles. The Bertz CT molecular complexity index is 328. The topological polar surface area (TPSA) is 66.4 Å². The summed E-state index contributed by atoms with van der Waals surface area (Å²) in [6, 6.07) is 0.146. The van der Waals surface area contributed by atoms with Crippen LogP contribution in [0.25, 0.3) is 0 Å². The average Bonchev–Trinajstić information content (AvgIpc) is 2.69. The van der Waals surface area contributed by atoms with E-state index < -0.39 is 11.4 Å². The molecule has 1 unspecified atom stereocenters. The normalized spacial score (nSPS) is 19.3. The number of aliphatic carboxylic acids is 1. The fourth-order valence-corrected chi connectivity index (χ4v) is 1.87. The zero-order chi connectivity index (χ0) is 13.1. The molecular weight excluding hydrogens is 218 g/mol. The van der Waals surface area contributed by atoms with Crippen molar-refractivity contribution >= 4 is 11.9 Å². The van der Waals surface area contributed by atoms with Gasteiger partial charge in [-0.1, -0.05) is 26.0 Å². The smallest absolute Gasteiger partial charge is 0.310 e. The van der Waals surface area contributed by atoms with Crippen LogP contribution in [0.2, 0.25) is 0 Å². The van der Waals surface area contributed by atoms with Crippen molar-refractivity contribution < 1.29 is 14.7 Å². The monoisotopic (exact) mass is 239 g/mol. The highest BCUT2D eigenvalue weighted by atomic mass is 16.4. The molecule has 1 amide bonds. The van der Waals surface area contributed by atoms with Crippen molar-refractivity contribution in [1.82, 2.24) is 5.32 Å². The molecule has 4 nitrogen and oxygen atoms in total. The van der Waals surface area contributed by atoms with E-state index >= 15 is 0 Å². The number of hydrogen-bond donors (Lipinski definition) is 2. The molecule has 1 rings (SSSR count). The van der Waals surface area contributed by atoms with Crippen molar-refractivity contribution in [1.29, 1.82) is 0 Å². The van der Waals surface area contributed by atoms with Gasteiger partial charge < -0.3 is 10.4 Å². The predicted molar refractivity (Wildman–Crippen MR) is 65.5 cm³/mol. The molecule has 17 heavy (non-hydrogen) atoms. The third kappa shape index (κ3) is 3.32. The molecule has 0 bridgehead atoms. The molecule has 0 saturated carbocycles. The zero-order valence-electron chi connectivity index (χ0n) is 10.7. The Morgan fingerprint density at radius 2 is 1.94 bits per heavy atom. The van der Waals surface area contributed by atoms with Gasteiger partial charge in [-0.25, -0.2) is 0 Å². The molecule has 96 valence electrons. The van der Waals surface area contributed by atoms with E-state index in [4.69, 9.17) is 0 Å². The Kier molecular flexibility index (Phi) is 4.32. The van der Waals surface area contributed by atoms with Gasteiger partial charge in [-0.05, 0) is 25.7 Å². The molecule has 1 atom stereocenters. The molecule has 0 spiro atoms.